The van der Waals surface area contributed by atoms with Crippen LogP contribution in [0.5, 0.6) is 11.5 Å². The fourth-order valence-electron chi connectivity index (χ4n) is 2.49. The van der Waals surface area contributed by atoms with Crippen molar-refractivity contribution >= 4 is 18.3 Å². The van der Waals surface area contributed by atoms with E-state index in [4.69, 9.17) is 15.2 Å². The Morgan fingerprint density at radius 2 is 2.04 bits per heavy atom. The van der Waals surface area contributed by atoms with Crippen molar-refractivity contribution in [3.8, 4) is 11.5 Å². The molecule has 1 unspecified atom stereocenters. The number of carbonyl (C=O) groups excluding carboxylic acids is 1. The normalized spacial score (nSPS) is 14.6. The molecule has 1 fully saturated rings. The fraction of sp³-hybridized carbons (Fsp3) is 0.588. The monoisotopic (exact) mass is 342 g/mol. The van der Waals surface area contributed by atoms with Crippen molar-refractivity contribution in [2.24, 2.45) is 5.73 Å². The molecule has 0 aromatic heterocycles. The molecule has 5 nitrogen and oxygen atoms in total. The Morgan fingerprint density at radius 3 is 2.57 bits per heavy atom. The second-order valence-electron chi connectivity index (χ2n) is 5.95. The van der Waals surface area contributed by atoms with Crippen LogP contribution in [0.3, 0.4) is 0 Å². The summed E-state index contributed by atoms with van der Waals surface area (Å²) in [5.41, 5.74) is 6.74. The standard InChI is InChI=1S/C17H26N2O3.ClH/c1-12(18)4-9-17(20)19(14-5-6-14)11-13-10-15(21-2)7-8-16(13)22-3;/h7-8,10,12,14H,4-6,9,11,18H2,1-3H3;1H. The number of amides is 1. The smallest absolute Gasteiger partial charge is 0.223 e. The van der Waals surface area contributed by atoms with Crippen LogP contribution in [-0.4, -0.2) is 37.1 Å². The minimum atomic E-state index is 0. The van der Waals surface area contributed by atoms with Crippen LogP contribution in [0.2, 0.25) is 0 Å². The lowest BCUT2D eigenvalue weighted by molar-refractivity contribution is -0.132. The molecule has 0 heterocycles. The molecule has 1 aromatic carbocycles. The van der Waals surface area contributed by atoms with Crippen molar-refractivity contribution in [2.45, 2.75) is 51.2 Å². The van der Waals surface area contributed by atoms with Gasteiger partial charge in [-0.25, -0.2) is 0 Å². The molecule has 0 bridgehead atoms. The molecule has 0 spiro atoms. The summed E-state index contributed by atoms with van der Waals surface area (Å²) in [6.45, 7) is 2.49. The van der Waals surface area contributed by atoms with Gasteiger partial charge in [0.25, 0.3) is 0 Å². The SMILES string of the molecule is COc1ccc(OC)c(CN(C(=O)CCC(C)N)C2CC2)c1.Cl. The van der Waals surface area contributed by atoms with Gasteiger partial charge in [-0.3, -0.25) is 4.79 Å². The van der Waals surface area contributed by atoms with Gasteiger partial charge >= 0.3 is 0 Å². The lowest BCUT2D eigenvalue weighted by Gasteiger charge is -2.24. The van der Waals surface area contributed by atoms with Crippen molar-refractivity contribution in [3.05, 3.63) is 23.8 Å². The molecule has 1 aromatic rings. The van der Waals surface area contributed by atoms with Crippen LogP contribution in [-0.2, 0) is 11.3 Å². The van der Waals surface area contributed by atoms with E-state index in [1.807, 2.05) is 30.0 Å². The Balaban J connectivity index is 0.00000264. The Kier molecular flexibility index (Phi) is 7.65. The molecule has 23 heavy (non-hydrogen) atoms. The average Bonchev–Trinajstić information content (AvgIpc) is 3.34. The summed E-state index contributed by atoms with van der Waals surface area (Å²) in [5.74, 6) is 1.73. The molecule has 1 amide bonds. The molecule has 130 valence electrons. The van der Waals surface area contributed by atoms with Gasteiger partial charge in [-0.15, -0.1) is 12.4 Å². The number of methoxy groups -OCH3 is 2. The van der Waals surface area contributed by atoms with Crippen molar-refractivity contribution in [3.63, 3.8) is 0 Å². The van der Waals surface area contributed by atoms with Crippen LogP contribution in [0.25, 0.3) is 0 Å². The van der Waals surface area contributed by atoms with Crippen LogP contribution in [0.1, 0.15) is 38.2 Å². The minimum absolute atomic E-state index is 0. The van der Waals surface area contributed by atoms with Gasteiger partial charge in [0.1, 0.15) is 11.5 Å². The molecule has 2 rings (SSSR count). The zero-order chi connectivity index (χ0) is 16.1. The van der Waals surface area contributed by atoms with Gasteiger partial charge in [0.05, 0.1) is 14.2 Å². The predicted molar refractivity (Wildman–Crippen MR) is 93.2 cm³/mol. The van der Waals surface area contributed by atoms with Crippen molar-refractivity contribution in [1.29, 1.82) is 0 Å². The summed E-state index contributed by atoms with van der Waals surface area (Å²) in [4.78, 5) is 14.4. The summed E-state index contributed by atoms with van der Waals surface area (Å²) in [6.07, 6.45) is 3.38. The van der Waals surface area contributed by atoms with Crippen LogP contribution < -0.4 is 15.2 Å². The van der Waals surface area contributed by atoms with Gasteiger partial charge in [-0.2, -0.15) is 0 Å². The number of hydrogen-bond acceptors (Lipinski definition) is 4. The highest BCUT2D eigenvalue weighted by atomic mass is 35.5. The van der Waals surface area contributed by atoms with Crippen molar-refractivity contribution in [1.82, 2.24) is 4.90 Å². The van der Waals surface area contributed by atoms with Gasteiger partial charge in [-0.05, 0) is 44.4 Å². The van der Waals surface area contributed by atoms with Crippen molar-refractivity contribution < 1.29 is 14.3 Å². The summed E-state index contributed by atoms with van der Waals surface area (Å²) < 4.78 is 10.7. The Labute approximate surface area is 144 Å². The highest BCUT2D eigenvalue weighted by Crippen LogP contribution is 2.32. The zero-order valence-electron chi connectivity index (χ0n) is 14.1. The highest BCUT2D eigenvalue weighted by Gasteiger charge is 2.32. The number of benzene rings is 1. The van der Waals surface area contributed by atoms with Gasteiger partial charge in [0.2, 0.25) is 5.91 Å². The molecule has 0 aliphatic heterocycles. The molecule has 1 aliphatic carbocycles. The zero-order valence-corrected chi connectivity index (χ0v) is 14.9. The summed E-state index contributed by atoms with van der Waals surface area (Å²) in [5, 5.41) is 0. The number of nitrogens with two attached hydrogens (primary N) is 1. The van der Waals surface area contributed by atoms with E-state index in [1.165, 1.54) is 0 Å². The van der Waals surface area contributed by atoms with Gasteiger partial charge < -0.3 is 20.1 Å². The molecule has 1 saturated carbocycles. The molecular formula is C17H27ClN2O3. The second kappa shape index (κ2) is 8.99. The van der Waals surface area contributed by atoms with E-state index in [9.17, 15) is 4.79 Å². The largest absolute Gasteiger partial charge is 0.497 e. The van der Waals surface area contributed by atoms with E-state index in [1.54, 1.807) is 14.2 Å². The third-order valence-corrected chi connectivity index (χ3v) is 3.95. The lowest BCUT2D eigenvalue weighted by Crippen LogP contribution is -2.33. The predicted octanol–water partition coefficient (Wildman–Crippen LogP) is 2.74. The van der Waals surface area contributed by atoms with Crippen LogP contribution in [0, 0.1) is 0 Å². The molecule has 1 aliphatic rings. The molecule has 2 N–H and O–H groups in total. The number of nitrogens with zero attached hydrogens (tertiary/aromatic N) is 1. The van der Waals surface area contributed by atoms with E-state index in [0.29, 0.717) is 19.0 Å². The first-order valence-electron chi connectivity index (χ1n) is 7.81. The Bertz CT molecular complexity index is 519. The van der Waals surface area contributed by atoms with Crippen molar-refractivity contribution in [2.75, 3.05) is 14.2 Å². The third-order valence-electron chi connectivity index (χ3n) is 3.95. The quantitative estimate of drug-likeness (QED) is 0.789. The third kappa shape index (κ3) is 5.59. The maximum atomic E-state index is 12.5. The number of rotatable bonds is 8. The topological polar surface area (TPSA) is 64.8 Å². The molecule has 6 heteroatoms. The Hall–Kier alpha value is -1.46. The first-order valence-corrected chi connectivity index (χ1v) is 7.81. The Morgan fingerprint density at radius 1 is 1.35 bits per heavy atom. The average molecular weight is 343 g/mol. The summed E-state index contributed by atoms with van der Waals surface area (Å²) in [7, 11) is 3.28. The van der Waals surface area contributed by atoms with E-state index in [2.05, 4.69) is 0 Å². The van der Waals surface area contributed by atoms with Crippen LogP contribution in [0.4, 0.5) is 0 Å². The number of ether oxygens (including phenoxy) is 2. The maximum Gasteiger partial charge on any atom is 0.223 e. The minimum Gasteiger partial charge on any atom is -0.497 e. The second-order valence-corrected chi connectivity index (χ2v) is 5.95. The first-order chi connectivity index (χ1) is 10.5. The van der Waals surface area contributed by atoms with E-state index in [0.717, 1.165) is 36.3 Å². The summed E-state index contributed by atoms with van der Waals surface area (Å²) in [6, 6.07) is 6.09. The van der Waals surface area contributed by atoms with Crippen LogP contribution in [0.15, 0.2) is 18.2 Å². The molecular weight excluding hydrogens is 316 g/mol. The van der Waals surface area contributed by atoms with Gasteiger partial charge in [0, 0.05) is 30.6 Å². The first kappa shape index (κ1) is 19.6. The number of halogens is 1. The molecule has 1 atom stereocenters. The highest BCUT2D eigenvalue weighted by molar-refractivity contribution is 5.85. The van der Waals surface area contributed by atoms with Gasteiger partial charge in [0.15, 0.2) is 0 Å². The lowest BCUT2D eigenvalue weighted by atomic mass is 10.1. The van der Waals surface area contributed by atoms with E-state index < -0.39 is 0 Å². The van der Waals surface area contributed by atoms with E-state index in [-0.39, 0.29) is 24.4 Å². The van der Waals surface area contributed by atoms with Gasteiger partial charge in [-0.1, -0.05) is 0 Å². The van der Waals surface area contributed by atoms with E-state index >= 15 is 0 Å². The maximum absolute atomic E-state index is 12.5. The molecule has 0 saturated heterocycles. The number of carbonyl (C=O) groups is 1. The number of hydrogen-bond donors (Lipinski definition) is 1. The van der Waals surface area contributed by atoms with Crippen LogP contribution >= 0.6 is 12.4 Å². The fourth-order valence-corrected chi connectivity index (χ4v) is 2.49. The molecule has 0 radical (unpaired) electrons. The summed E-state index contributed by atoms with van der Waals surface area (Å²) >= 11 is 0.